The van der Waals surface area contributed by atoms with Crippen LogP contribution in [0, 0.1) is 23.0 Å². The summed E-state index contributed by atoms with van der Waals surface area (Å²) in [6, 6.07) is 3.92. The van der Waals surface area contributed by atoms with Crippen molar-refractivity contribution in [3.8, 4) is 0 Å². The highest BCUT2D eigenvalue weighted by molar-refractivity contribution is 5.24. The lowest BCUT2D eigenvalue weighted by Crippen LogP contribution is -2.07. The number of hydrogen-bond acceptors (Lipinski definition) is 1. The second-order valence-corrected chi connectivity index (χ2v) is 4.89. The van der Waals surface area contributed by atoms with Gasteiger partial charge in [-0.3, -0.25) is 0 Å². The molecular formula is C12H14F2O. The van der Waals surface area contributed by atoms with E-state index in [1.807, 2.05) is 13.8 Å². The summed E-state index contributed by atoms with van der Waals surface area (Å²) >= 11 is 0. The lowest BCUT2D eigenvalue weighted by atomic mass is 9.99. The molecule has 15 heavy (non-hydrogen) atoms. The molecule has 0 amide bonds. The summed E-state index contributed by atoms with van der Waals surface area (Å²) in [7, 11) is 0. The summed E-state index contributed by atoms with van der Waals surface area (Å²) in [4.78, 5) is 0. The number of benzene rings is 1. The smallest absolute Gasteiger partial charge is 0.164 e. The molecule has 0 radical (unpaired) electrons. The van der Waals surface area contributed by atoms with Crippen LogP contribution in [0.3, 0.4) is 0 Å². The van der Waals surface area contributed by atoms with E-state index in [-0.39, 0.29) is 16.9 Å². The second kappa shape index (κ2) is 3.27. The van der Waals surface area contributed by atoms with E-state index < -0.39 is 17.7 Å². The predicted octanol–water partition coefficient (Wildman–Crippen LogP) is 3.04. The van der Waals surface area contributed by atoms with Crippen molar-refractivity contribution in [2.24, 2.45) is 11.3 Å². The van der Waals surface area contributed by atoms with Gasteiger partial charge in [0.05, 0.1) is 6.10 Å². The van der Waals surface area contributed by atoms with Crippen LogP contribution in [-0.4, -0.2) is 5.11 Å². The third-order valence-corrected chi connectivity index (χ3v) is 3.27. The van der Waals surface area contributed by atoms with E-state index in [1.54, 1.807) is 0 Å². The lowest BCUT2D eigenvalue weighted by Gasteiger charge is -2.13. The van der Waals surface area contributed by atoms with Crippen LogP contribution in [-0.2, 0) is 0 Å². The number of rotatable bonds is 2. The van der Waals surface area contributed by atoms with E-state index in [0.717, 1.165) is 12.5 Å². The third-order valence-electron chi connectivity index (χ3n) is 3.27. The van der Waals surface area contributed by atoms with Crippen LogP contribution < -0.4 is 0 Å². The Bertz CT molecular complexity index is 387. The van der Waals surface area contributed by atoms with Crippen molar-refractivity contribution in [2.45, 2.75) is 26.4 Å². The first-order chi connectivity index (χ1) is 6.93. The maximum absolute atomic E-state index is 13.4. The van der Waals surface area contributed by atoms with Gasteiger partial charge in [-0.2, -0.15) is 0 Å². The van der Waals surface area contributed by atoms with Crippen molar-refractivity contribution in [3.63, 3.8) is 0 Å². The van der Waals surface area contributed by atoms with E-state index in [2.05, 4.69) is 0 Å². The van der Waals surface area contributed by atoms with E-state index >= 15 is 0 Å². The minimum atomic E-state index is -0.923. The number of hydrogen-bond donors (Lipinski definition) is 1. The minimum absolute atomic E-state index is 0.0359. The summed E-state index contributed by atoms with van der Waals surface area (Å²) in [6.07, 6.45) is -0.0416. The summed E-state index contributed by atoms with van der Waals surface area (Å²) < 4.78 is 26.3. The summed E-state index contributed by atoms with van der Waals surface area (Å²) in [5, 5.41) is 9.89. The first-order valence-electron chi connectivity index (χ1n) is 5.05. The van der Waals surface area contributed by atoms with Gasteiger partial charge < -0.3 is 5.11 Å². The molecule has 3 heteroatoms. The van der Waals surface area contributed by atoms with Crippen LogP contribution in [0.1, 0.15) is 31.9 Å². The zero-order valence-corrected chi connectivity index (χ0v) is 8.80. The average molecular weight is 212 g/mol. The van der Waals surface area contributed by atoms with Crippen LogP contribution in [0.25, 0.3) is 0 Å². The SMILES string of the molecule is CC1(C)CC1C(O)c1cccc(F)c1F. The first-order valence-corrected chi connectivity index (χ1v) is 5.05. The Balaban J connectivity index is 2.27. The Kier molecular flexibility index (Phi) is 2.30. The van der Waals surface area contributed by atoms with Crippen molar-refractivity contribution < 1.29 is 13.9 Å². The van der Waals surface area contributed by atoms with Gasteiger partial charge >= 0.3 is 0 Å². The molecule has 2 unspecified atom stereocenters. The molecule has 0 heterocycles. The molecule has 1 aromatic carbocycles. The van der Waals surface area contributed by atoms with Crippen molar-refractivity contribution in [1.29, 1.82) is 0 Å². The first kappa shape index (κ1) is 10.6. The maximum Gasteiger partial charge on any atom is 0.164 e. The maximum atomic E-state index is 13.4. The zero-order valence-electron chi connectivity index (χ0n) is 8.80. The molecule has 1 fully saturated rings. The van der Waals surface area contributed by atoms with E-state index in [0.29, 0.717) is 0 Å². The molecular weight excluding hydrogens is 198 g/mol. The Morgan fingerprint density at radius 1 is 1.40 bits per heavy atom. The normalized spacial score (nSPS) is 25.0. The van der Waals surface area contributed by atoms with Gasteiger partial charge in [0.2, 0.25) is 0 Å². The molecule has 0 aliphatic heterocycles. The molecule has 1 aliphatic rings. The van der Waals surface area contributed by atoms with E-state index in [4.69, 9.17) is 0 Å². The summed E-state index contributed by atoms with van der Waals surface area (Å²) in [6.45, 7) is 4.02. The minimum Gasteiger partial charge on any atom is -0.388 e. The fourth-order valence-electron chi connectivity index (χ4n) is 2.01. The molecule has 0 aromatic heterocycles. The molecule has 82 valence electrons. The molecule has 2 rings (SSSR count). The Labute approximate surface area is 87.7 Å². The Morgan fingerprint density at radius 2 is 2.00 bits per heavy atom. The van der Waals surface area contributed by atoms with Crippen molar-refractivity contribution in [2.75, 3.05) is 0 Å². The number of aliphatic hydroxyl groups excluding tert-OH is 1. The molecule has 2 atom stereocenters. The fourth-order valence-corrected chi connectivity index (χ4v) is 2.01. The van der Waals surface area contributed by atoms with Gasteiger partial charge in [0, 0.05) is 5.56 Å². The Morgan fingerprint density at radius 3 is 2.53 bits per heavy atom. The van der Waals surface area contributed by atoms with Crippen LogP contribution in [0.4, 0.5) is 8.78 Å². The topological polar surface area (TPSA) is 20.2 Å². The highest BCUT2D eigenvalue weighted by Crippen LogP contribution is 2.57. The molecule has 1 aliphatic carbocycles. The number of aliphatic hydroxyl groups is 1. The summed E-state index contributed by atoms with van der Waals surface area (Å²) in [5.74, 6) is -1.79. The van der Waals surface area contributed by atoms with Gasteiger partial charge in [-0.15, -0.1) is 0 Å². The van der Waals surface area contributed by atoms with Crippen molar-refractivity contribution in [3.05, 3.63) is 35.4 Å². The van der Waals surface area contributed by atoms with Crippen LogP contribution in [0.15, 0.2) is 18.2 Å². The van der Waals surface area contributed by atoms with Crippen LogP contribution in [0.2, 0.25) is 0 Å². The molecule has 0 saturated heterocycles. The van der Waals surface area contributed by atoms with Gasteiger partial charge in [-0.25, -0.2) is 8.78 Å². The van der Waals surface area contributed by atoms with E-state index in [9.17, 15) is 13.9 Å². The predicted molar refractivity (Wildman–Crippen MR) is 53.2 cm³/mol. The molecule has 1 nitrogen and oxygen atoms in total. The number of halogens is 2. The van der Waals surface area contributed by atoms with Crippen LogP contribution in [0.5, 0.6) is 0 Å². The monoisotopic (exact) mass is 212 g/mol. The van der Waals surface area contributed by atoms with Gasteiger partial charge in [0.15, 0.2) is 11.6 Å². The molecule has 1 N–H and O–H groups in total. The van der Waals surface area contributed by atoms with Gasteiger partial charge in [-0.05, 0) is 23.8 Å². The van der Waals surface area contributed by atoms with Gasteiger partial charge in [-0.1, -0.05) is 26.0 Å². The fraction of sp³-hybridized carbons (Fsp3) is 0.500. The van der Waals surface area contributed by atoms with Gasteiger partial charge in [0.25, 0.3) is 0 Å². The van der Waals surface area contributed by atoms with Crippen molar-refractivity contribution >= 4 is 0 Å². The molecule has 0 bridgehead atoms. The zero-order chi connectivity index (χ0) is 11.2. The summed E-state index contributed by atoms with van der Waals surface area (Å²) in [5.41, 5.74) is 0.114. The standard InChI is InChI=1S/C12H14F2O/c1-12(2)6-8(12)11(15)7-4-3-5-9(13)10(7)14/h3-5,8,11,15H,6H2,1-2H3. The highest BCUT2D eigenvalue weighted by atomic mass is 19.2. The van der Waals surface area contributed by atoms with E-state index in [1.165, 1.54) is 12.1 Å². The third kappa shape index (κ3) is 1.76. The second-order valence-electron chi connectivity index (χ2n) is 4.89. The van der Waals surface area contributed by atoms with Crippen molar-refractivity contribution in [1.82, 2.24) is 0 Å². The highest BCUT2D eigenvalue weighted by Gasteiger charge is 2.50. The molecule has 1 aromatic rings. The van der Waals surface area contributed by atoms with Crippen LogP contribution >= 0.6 is 0 Å². The Hall–Kier alpha value is -0.960. The molecule has 1 saturated carbocycles. The quantitative estimate of drug-likeness (QED) is 0.798. The van der Waals surface area contributed by atoms with Gasteiger partial charge in [0.1, 0.15) is 0 Å². The largest absolute Gasteiger partial charge is 0.388 e. The lowest BCUT2D eigenvalue weighted by molar-refractivity contribution is 0.133. The average Bonchev–Trinajstić information content (AvgIpc) is 2.79. The molecule has 0 spiro atoms.